The van der Waals surface area contributed by atoms with Crippen LogP contribution in [0.3, 0.4) is 0 Å². The molecule has 2 aliphatic rings. The number of halogens is 1. The van der Waals surface area contributed by atoms with Crippen LogP contribution in [-0.2, 0) is 4.18 Å². The fraction of sp³-hybridized carbons (Fsp3) is 1.00. The Morgan fingerprint density at radius 1 is 1.47 bits per heavy atom. The Kier molecular flexibility index (Phi) is 5.06. The van der Waals surface area contributed by atoms with Gasteiger partial charge in [0.1, 0.15) is 0 Å². The Bertz CT molecular complexity index is 262. The zero-order valence-corrected chi connectivity index (χ0v) is 13.7. The summed E-state index contributed by atoms with van der Waals surface area (Å²) in [7, 11) is 1.49. The van der Waals surface area contributed by atoms with Crippen molar-refractivity contribution in [2.24, 2.45) is 23.2 Å². The van der Waals surface area contributed by atoms with Crippen molar-refractivity contribution in [1.29, 1.82) is 0 Å². The van der Waals surface area contributed by atoms with Gasteiger partial charge in [-0.05, 0) is 48.9 Å². The standard InChI is InChI=1S/C13H23IO2S/c1-9(8-15)10-5-6-11-12(16-17-14)4-3-7-13(10,11)2/h9-12,15H,3-8H2,1-2H3. The monoisotopic (exact) mass is 370 g/mol. The molecule has 4 heteroatoms. The number of hydrogen-bond donors (Lipinski definition) is 1. The van der Waals surface area contributed by atoms with Crippen LogP contribution in [0.2, 0.25) is 0 Å². The summed E-state index contributed by atoms with van der Waals surface area (Å²) < 4.78 is 5.86. The van der Waals surface area contributed by atoms with Crippen LogP contribution in [0.15, 0.2) is 0 Å². The molecule has 0 bridgehead atoms. The molecule has 0 saturated heterocycles. The first-order chi connectivity index (χ1) is 8.13. The van der Waals surface area contributed by atoms with Crippen molar-refractivity contribution in [3.8, 4) is 0 Å². The smallest absolute Gasteiger partial charge is 0.0765 e. The van der Waals surface area contributed by atoms with Gasteiger partial charge in [-0.1, -0.05) is 20.3 Å². The van der Waals surface area contributed by atoms with Gasteiger partial charge in [-0.25, -0.2) is 0 Å². The van der Waals surface area contributed by atoms with E-state index in [1.54, 1.807) is 0 Å². The third-order valence-electron chi connectivity index (χ3n) is 5.27. The van der Waals surface area contributed by atoms with Crippen LogP contribution in [0, 0.1) is 23.2 Å². The van der Waals surface area contributed by atoms with Gasteiger partial charge in [0.25, 0.3) is 0 Å². The summed E-state index contributed by atoms with van der Waals surface area (Å²) in [6.45, 7) is 4.98. The van der Waals surface area contributed by atoms with Crippen molar-refractivity contribution in [2.75, 3.05) is 6.61 Å². The first kappa shape index (κ1) is 14.4. The molecule has 1 N–H and O–H groups in total. The van der Waals surface area contributed by atoms with Crippen LogP contribution in [-0.4, -0.2) is 17.8 Å². The lowest BCUT2D eigenvalue weighted by molar-refractivity contribution is -0.0119. The predicted molar refractivity (Wildman–Crippen MR) is 80.9 cm³/mol. The van der Waals surface area contributed by atoms with Crippen LogP contribution < -0.4 is 0 Å². The lowest BCUT2D eigenvalue weighted by Crippen LogP contribution is -2.42. The maximum absolute atomic E-state index is 9.43. The van der Waals surface area contributed by atoms with Gasteiger partial charge in [0.15, 0.2) is 0 Å². The van der Waals surface area contributed by atoms with E-state index in [0.717, 1.165) is 0 Å². The van der Waals surface area contributed by atoms with Crippen molar-refractivity contribution in [1.82, 2.24) is 0 Å². The highest BCUT2D eigenvalue weighted by Gasteiger charge is 2.52. The first-order valence-corrected chi connectivity index (χ1v) is 9.97. The molecule has 0 radical (unpaired) electrons. The molecule has 5 unspecified atom stereocenters. The lowest BCUT2D eigenvalue weighted by atomic mass is 9.62. The summed E-state index contributed by atoms with van der Waals surface area (Å²) >= 11 is 2.23. The van der Waals surface area contributed by atoms with E-state index in [0.29, 0.717) is 35.9 Å². The van der Waals surface area contributed by atoms with Gasteiger partial charge in [0.2, 0.25) is 0 Å². The molecule has 0 aromatic carbocycles. The van der Waals surface area contributed by atoms with E-state index < -0.39 is 0 Å². The van der Waals surface area contributed by atoms with Gasteiger partial charge in [-0.2, -0.15) is 0 Å². The second kappa shape index (κ2) is 5.97. The molecule has 0 aliphatic heterocycles. The maximum Gasteiger partial charge on any atom is 0.0765 e. The van der Waals surface area contributed by atoms with Crippen molar-refractivity contribution in [3.63, 3.8) is 0 Å². The van der Waals surface area contributed by atoms with E-state index in [9.17, 15) is 5.11 Å². The third kappa shape index (κ3) is 2.65. The number of fused-ring (bicyclic) bond motifs is 1. The minimum atomic E-state index is 0.333. The SMILES string of the molecule is CC(CO)C1CCC2C(OSI)CCCC12C. The van der Waals surface area contributed by atoms with E-state index in [2.05, 4.69) is 35.1 Å². The quantitative estimate of drug-likeness (QED) is 0.594. The molecule has 100 valence electrons. The number of rotatable bonds is 4. The topological polar surface area (TPSA) is 29.5 Å². The van der Waals surface area contributed by atoms with Crippen molar-refractivity contribution >= 4 is 30.4 Å². The zero-order chi connectivity index (χ0) is 12.5. The Labute approximate surface area is 121 Å². The predicted octanol–water partition coefficient (Wildman–Crippen LogP) is 4.21. The highest BCUT2D eigenvalue weighted by Crippen LogP contribution is 2.58. The normalized spacial score (nSPS) is 43.4. The number of aliphatic hydroxyl groups excluding tert-OH is 1. The van der Waals surface area contributed by atoms with Gasteiger partial charge < -0.3 is 9.29 Å². The first-order valence-electron chi connectivity index (χ1n) is 6.68. The van der Waals surface area contributed by atoms with Crippen LogP contribution in [0.1, 0.15) is 46.0 Å². The second-order valence-corrected chi connectivity index (χ2v) is 7.44. The summed E-state index contributed by atoms with van der Waals surface area (Å²) in [5.41, 5.74) is 0.400. The highest BCUT2D eigenvalue weighted by atomic mass is 127. The third-order valence-corrected chi connectivity index (χ3v) is 6.21. The fourth-order valence-corrected chi connectivity index (χ4v) is 5.51. The van der Waals surface area contributed by atoms with Gasteiger partial charge in [0.05, 0.1) is 15.3 Å². The Balaban J connectivity index is 2.13. The molecule has 0 amide bonds. The summed E-state index contributed by atoms with van der Waals surface area (Å²) in [5.74, 6) is 1.83. The molecule has 2 rings (SSSR count). The molecule has 2 saturated carbocycles. The molecule has 0 aromatic rings. The van der Waals surface area contributed by atoms with E-state index in [1.165, 1.54) is 41.3 Å². The van der Waals surface area contributed by atoms with Gasteiger partial charge >= 0.3 is 0 Å². The van der Waals surface area contributed by atoms with E-state index in [-0.39, 0.29) is 0 Å². The zero-order valence-electron chi connectivity index (χ0n) is 10.7. The molecule has 17 heavy (non-hydrogen) atoms. The second-order valence-electron chi connectivity index (χ2n) is 6.05. The van der Waals surface area contributed by atoms with Crippen molar-refractivity contribution in [3.05, 3.63) is 0 Å². The van der Waals surface area contributed by atoms with E-state index in [4.69, 9.17) is 4.18 Å². The molecular weight excluding hydrogens is 347 g/mol. The maximum atomic E-state index is 9.43. The average molecular weight is 370 g/mol. The van der Waals surface area contributed by atoms with E-state index in [1.807, 2.05) is 0 Å². The Morgan fingerprint density at radius 2 is 2.24 bits per heavy atom. The van der Waals surface area contributed by atoms with Gasteiger partial charge in [-0.3, -0.25) is 0 Å². The number of aliphatic hydroxyl groups is 1. The molecule has 0 aromatic heterocycles. The van der Waals surface area contributed by atoms with Gasteiger partial charge in [0, 0.05) is 27.8 Å². The summed E-state index contributed by atoms with van der Waals surface area (Å²) in [4.78, 5) is 0. The molecule has 0 heterocycles. The molecule has 0 spiro atoms. The van der Waals surface area contributed by atoms with Crippen molar-refractivity contribution < 1.29 is 9.29 Å². The van der Waals surface area contributed by atoms with Crippen LogP contribution in [0.25, 0.3) is 0 Å². The van der Waals surface area contributed by atoms with Crippen molar-refractivity contribution in [2.45, 2.75) is 52.1 Å². The highest BCUT2D eigenvalue weighted by molar-refractivity contribution is 14.2. The minimum absolute atomic E-state index is 0.333. The van der Waals surface area contributed by atoms with Crippen LogP contribution >= 0.6 is 30.4 Å². The Morgan fingerprint density at radius 3 is 2.88 bits per heavy atom. The summed E-state index contributed by atoms with van der Waals surface area (Å²) in [6.07, 6.45) is 6.81. The fourth-order valence-electron chi connectivity index (χ4n) is 4.38. The minimum Gasteiger partial charge on any atom is -0.396 e. The Hall–Kier alpha value is 1.00. The largest absolute Gasteiger partial charge is 0.396 e. The van der Waals surface area contributed by atoms with Crippen LogP contribution in [0.4, 0.5) is 0 Å². The molecular formula is C13H23IO2S. The average Bonchev–Trinajstić information content (AvgIpc) is 2.67. The van der Waals surface area contributed by atoms with Gasteiger partial charge in [-0.15, -0.1) is 0 Å². The van der Waals surface area contributed by atoms with E-state index >= 15 is 0 Å². The molecule has 2 nitrogen and oxygen atoms in total. The summed E-state index contributed by atoms with van der Waals surface area (Å²) in [6, 6.07) is 0. The lowest BCUT2D eigenvalue weighted by Gasteiger charge is -2.45. The molecule has 5 atom stereocenters. The summed E-state index contributed by atoms with van der Waals surface area (Å²) in [5, 5.41) is 9.43. The molecule has 2 aliphatic carbocycles. The molecule has 2 fully saturated rings. The van der Waals surface area contributed by atoms with Crippen LogP contribution in [0.5, 0.6) is 0 Å². The number of hydrogen-bond acceptors (Lipinski definition) is 3.